The Bertz CT molecular complexity index is 830. The average molecular weight is 321 g/mol. The third-order valence-electron chi connectivity index (χ3n) is 4.34. The molecule has 1 aliphatic rings. The fourth-order valence-corrected chi connectivity index (χ4v) is 3.11. The number of aromatic nitrogens is 2. The van der Waals surface area contributed by atoms with Gasteiger partial charge in [0, 0.05) is 43.4 Å². The van der Waals surface area contributed by atoms with E-state index in [1.54, 1.807) is 13.4 Å². The number of hydrogen-bond donors (Lipinski definition) is 0. The van der Waals surface area contributed by atoms with Gasteiger partial charge in [0.2, 0.25) is 0 Å². The van der Waals surface area contributed by atoms with Gasteiger partial charge in [0.1, 0.15) is 5.75 Å². The van der Waals surface area contributed by atoms with Crippen LogP contribution in [0, 0.1) is 0 Å². The predicted octanol–water partition coefficient (Wildman–Crippen LogP) is 3.30. The van der Waals surface area contributed by atoms with E-state index in [0.29, 0.717) is 11.6 Å². The second kappa shape index (κ2) is 6.45. The van der Waals surface area contributed by atoms with Gasteiger partial charge in [0.25, 0.3) is 0 Å². The molecule has 0 saturated heterocycles. The predicted molar refractivity (Wildman–Crippen MR) is 90.5 cm³/mol. The van der Waals surface area contributed by atoms with Crippen LogP contribution in [0.25, 0.3) is 11.6 Å². The summed E-state index contributed by atoms with van der Waals surface area (Å²) < 4.78 is 10.8. The maximum Gasteiger partial charge on any atom is 0.195 e. The fourth-order valence-electron chi connectivity index (χ4n) is 3.11. The molecule has 0 spiro atoms. The minimum absolute atomic E-state index is 0.664. The third-order valence-corrected chi connectivity index (χ3v) is 4.34. The topological polar surface area (TPSA) is 51.4 Å². The van der Waals surface area contributed by atoms with Gasteiger partial charge in [0.05, 0.1) is 19.1 Å². The molecule has 0 aliphatic carbocycles. The quantitative estimate of drug-likeness (QED) is 0.738. The monoisotopic (exact) mass is 321 g/mol. The van der Waals surface area contributed by atoms with Crippen LogP contribution in [-0.2, 0) is 19.5 Å². The lowest BCUT2D eigenvalue weighted by molar-refractivity contribution is 0.239. The molecule has 0 amide bonds. The zero-order chi connectivity index (χ0) is 16.4. The van der Waals surface area contributed by atoms with Crippen molar-refractivity contribution in [3.8, 4) is 17.3 Å². The van der Waals surface area contributed by atoms with E-state index in [0.717, 1.165) is 37.5 Å². The van der Waals surface area contributed by atoms with Crippen LogP contribution in [0.4, 0.5) is 0 Å². The molecule has 5 heteroatoms. The second-order valence-electron chi connectivity index (χ2n) is 5.92. The molecule has 0 N–H and O–H groups in total. The van der Waals surface area contributed by atoms with Crippen molar-refractivity contribution in [3.63, 3.8) is 0 Å². The molecular formula is C19H19N3O2. The van der Waals surface area contributed by atoms with E-state index in [1.807, 2.05) is 30.5 Å². The Morgan fingerprint density at radius 3 is 2.96 bits per heavy atom. The summed E-state index contributed by atoms with van der Waals surface area (Å²) in [6.07, 6.45) is 4.49. The molecule has 122 valence electrons. The van der Waals surface area contributed by atoms with E-state index >= 15 is 0 Å². The highest BCUT2D eigenvalue weighted by Crippen LogP contribution is 2.24. The van der Waals surface area contributed by atoms with Gasteiger partial charge < -0.3 is 9.15 Å². The van der Waals surface area contributed by atoms with Gasteiger partial charge in [0.15, 0.2) is 11.6 Å². The Kier molecular flexibility index (Phi) is 4.01. The lowest BCUT2D eigenvalue weighted by atomic mass is 10.1. The molecule has 3 aromatic rings. The van der Waals surface area contributed by atoms with Crippen LogP contribution < -0.4 is 4.74 Å². The van der Waals surface area contributed by atoms with E-state index in [-0.39, 0.29) is 0 Å². The van der Waals surface area contributed by atoms with Crippen LogP contribution in [-0.4, -0.2) is 28.5 Å². The number of nitrogens with zero attached hydrogens (tertiary/aromatic N) is 3. The van der Waals surface area contributed by atoms with Crippen molar-refractivity contribution in [2.45, 2.75) is 19.5 Å². The van der Waals surface area contributed by atoms with Gasteiger partial charge in [-0.25, -0.2) is 9.97 Å². The van der Waals surface area contributed by atoms with Crippen molar-refractivity contribution in [2.75, 3.05) is 13.7 Å². The van der Waals surface area contributed by atoms with E-state index in [1.165, 1.54) is 11.1 Å². The molecule has 24 heavy (non-hydrogen) atoms. The molecule has 5 nitrogen and oxygen atoms in total. The average Bonchev–Trinajstić information content (AvgIpc) is 3.16. The number of hydrogen-bond acceptors (Lipinski definition) is 5. The minimum Gasteiger partial charge on any atom is -0.496 e. The fraction of sp³-hybridized carbons (Fsp3) is 0.263. The first-order chi connectivity index (χ1) is 11.8. The maximum absolute atomic E-state index is 5.45. The van der Waals surface area contributed by atoms with Crippen LogP contribution in [0.3, 0.4) is 0 Å². The Hall–Kier alpha value is -2.66. The van der Waals surface area contributed by atoms with Crippen molar-refractivity contribution in [1.82, 2.24) is 14.9 Å². The first-order valence-electron chi connectivity index (χ1n) is 8.06. The van der Waals surface area contributed by atoms with Gasteiger partial charge in [-0.15, -0.1) is 0 Å². The molecule has 0 unspecified atom stereocenters. The third kappa shape index (κ3) is 2.90. The summed E-state index contributed by atoms with van der Waals surface area (Å²) in [6, 6.07) is 11.9. The molecule has 0 radical (unpaired) electrons. The number of methoxy groups -OCH3 is 1. The van der Waals surface area contributed by atoms with E-state index in [4.69, 9.17) is 9.15 Å². The molecule has 4 rings (SSSR count). The Labute approximate surface area is 140 Å². The lowest BCUT2D eigenvalue weighted by Crippen LogP contribution is -2.31. The molecule has 1 aromatic carbocycles. The highest BCUT2D eigenvalue weighted by molar-refractivity contribution is 5.47. The summed E-state index contributed by atoms with van der Waals surface area (Å²) in [7, 11) is 1.72. The van der Waals surface area contributed by atoms with Crippen molar-refractivity contribution in [1.29, 1.82) is 0 Å². The maximum atomic E-state index is 5.45. The van der Waals surface area contributed by atoms with Crippen LogP contribution in [0.1, 0.15) is 16.8 Å². The van der Waals surface area contributed by atoms with Gasteiger partial charge in [-0.2, -0.15) is 0 Å². The van der Waals surface area contributed by atoms with Crippen LogP contribution in [0.2, 0.25) is 0 Å². The summed E-state index contributed by atoms with van der Waals surface area (Å²) in [5, 5.41) is 0. The SMILES string of the molecule is COc1ccccc1CN1CCc2nc(-c3ccco3)ncc2C1. The molecule has 1 aliphatic heterocycles. The van der Waals surface area contributed by atoms with Crippen molar-refractivity contribution in [3.05, 3.63) is 65.7 Å². The number of furan rings is 1. The number of rotatable bonds is 4. The molecular weight excluding hydrogens is 302 g/mol. The van der Waals surface area contributed by atoms with E-state index in [9.17, 15) is 0 Å². The lowest BCUT2D eigenvalue weighted by Gasteiger charge is -2.28. The summed E-state index contributed by atoms with van der Waals surface area (Å²) in [4.78, 5) is 11.5. The Morgan fingerprint density at radius 2 is 2.12 bits per heavy atom. The summed E-state index contributed by atoms with van der Waals surface area (Å²) >= 11 is 0. The highest BCUT2D eigenvalue weighted by Gasteiger charge is 2.20. The van der Waals surface area contributed by atoms with E-state index in [2.05, 4.69) is 27.0 Å². The van der Waals surface area contributed by atoms with Crippen LogP contribution >= 0.6 is 0 Å². The largest absolute Gasteiger partial charge is 0.496 e. The Morgan fingerprint density at radius 1 is 1.21 bits per heavy atom. The van der Waals surface area contributed by atoms with Crippen molar-refractivity contribution < 1.29 is 9.15 Å². The molecule has 0 saturated carbocycles. The standard InChI is InChI=1S/C19H19N3O2/c1-23-17-6-3-2-5-14(17)12-22-9-8-16-15(13-22)11-20-19(21-16)18-7-4-10-24-18/h2-7,10-11H,8-9,12-13H2,1H3. The summed E-state index contributed by atoms with van der Waals surface area (Å²) in [6.45, 7) is 2.69. The minimum atomic E-state index is 0.664. The number of para-hydroxylation sites is 1. The smallest absolute Gasteiger partial charge is 0.195 e. The first kappa shape index (κ1) is 14.9. The van der Waals surface area contributed by atoms with Gasteiger partial charge in [-0.1, -0.05) is 18.2 Å². The van der Waals surface area contributed by atoms with Crippen LogP contribution in [0.5, 0.6) is 5.75 Å². The number of fused-ring (bicyclic) bond motifs is 1. The normalized spacial score (nSPS) is 14.4. The van der Waals surface area contributed by atoms with Crippen LogP contribution in [0.15, 0.2) is 53.3 Å². The summed E-state index contributed by atoms with van der Waals surface area (Å²) in [5.41, 5.74) is 3.51. The zero-order valence-electron chi connectivity index (χ0n) is 13.6. The molecule has 0 atom stereocenters. The molecule has 0 bridgehead atoms. The second-order valence-corrected chi connectivity index (χ2v) is 5.92. The number of ether oxygens (including phenoxy) is 1. The Balaban J connectivity index is 1.52. The summed E-state index contributed by atoms with van der Waals surface area (Å²) in [5.74, 6) is 2.32. The molecule has 0 fully saturated rings. The van der Waals surface area contributed by atoms with Gasteiger partial charge in [-0.05, 0) is 18.2 Å². The zero-order valence-corrected chi connectivity index (χ0v) is 13.6. The van der Waals surface area contributed by atoms with E-state index < -0.39 is 0 Å². The van der Waals surface area contributed by atoms with Crippen molar-refractivity contribution >= 4 is 0 Å². The van der Waals surface area contributed by atoms with Gasteiger partial charge >= 0.3 is 0 Å². The number of benzene rings is 1. The molecule has 2 aromatic heterocycles. The van der Waals surface area contributed by atoms with Gasteiger partial charge in [-0.3, -0.25) is 4.90 Å². The van der Waals surface area contributed by atoms with Crippen molar-refractivity contribution in [2.24, 2.45) is 0 Å². The molecule has 3 heterocycles. The highest BCUT2D eigenvalue weighted by atomic mass is 16.5. The first-order valence-corrected chi connectivity index (χ1v) is 8.06.